The number of carbonyl (C=O) groups is 2. The van der Waals surface area contributed by atoms with E-state index in [0.717, 1.165) is 23.7 Å². The van der Waals surface area contributed by atoms with Gasteiger partial charge in [0.1, 0.15) is 6.04 Å². The van der Waals surface area contributed by atoms with Crippen LogP contribution in [-0.4, -0.2) is 34.5 Å². The fraction of sp³-hybridized carbons (Fsp3) is 0.467. The Bertz CT molecular complexity index is 605. The monoisotopic (exact) mass is 352 g/mol. The van der Waals surface area contributed by atoms with Gasteiger partial charge in [-0.15, -0.1) is 0 Å². The van der Waals surface area contributed by atoms with Crippen LogP contribution in [0.15, 0.2) is 22.7 Å². The minimum Gasteiger partial charge on any atom is -0.480 e. The zero-order chi connectivity index (χ0) is 15.1. The van der Waals surface area contributed by atoms with Crippen molar-refractivity contribution in [1.82, 2.24) is 4.90 Å². The number of likely N-dealkylation sites (tertiary alicyclic amines) is 1. The Morgan fingerprint density at radius 1 is 1.33 bits per heavy atom. The molecule has 1 amide bonds. The molecule has 0 radical (unpaired) electrons. The number of nitrogens with zero attached hydrogens (tertiary/aromatic N) is 1. The summed E-state index contributed by atoms with van der Waals surface area (Å²) in [4.78, 5) is 25.8. The number of fused-ring (bicyclic) bond motifs is 1. The first-order chi connectivity index (χ1) is 9.99. The molecule has 2 fully saturated rings. The Labute approximate surface area is 131 Å². The highest BCUT2D eigenvalue weighted by Crippen LogP contribution is 2.43. The van der Waals surface area contributed by atoms with Gasteiger partial charge in [-0.1, -0.05) is 22.4 Å². The summed E-state index contributed by atoms with van der Waals surface area (Å²) in [5.74, 6) is -0.787. The predicted molar refractivity (Wildman–Crippen MR) is 81.8 cm³/mol. The van der Waals surface area contributed by atoms with Gasteiger partial charge in [0, 0.05) is 16.7 Å². The van der Waals surface area contributed by atoms with Crippen molar-refractivity contribution in [3.05, 3.63) is 28.2 Å². The van der Waals surface area contributed by atoms with Crippen molar-refractivity contribution in [2.24, 2.45) is 11.8 Å². The van der Waals surface area contributed by atoms with E-state index >= 15 is 0 Å². The fourth-order valence-corrected chi connectivity index (χ4v) is 4.09. The number of benzene rings is 1. The molecule has 5 nitrogen and oxygen atoms in total. The second-order valence-electron chi connectivity index (χ2n) is 5.83. The highest BCUT2D eigenvalue weighted by Gasteiger charge is 2.49. The molecule has 1 saturated carbocycles. The summed E-state index contributed by atoms with van der Waals surface area (Å²) in [7, 11) is 0. The zero-order valence-corrected chi connectivity index (χ0v) is 13.0. The summed E-state index contributed by atoms with van der Waals surface area (Å²) in [5.41, 5.74) is 6.65. The maximum absolute atomic E-state index is 12.7. The third-order valence-corrected chi connectivity index (χ3v) is 5.14. The molecule has 3 N–H and O–H groups in total. The second kappa shape index (κ2) is 5.33. The third kappa shape index (κ3) is 2.41. The van der Waals surface area contributed by atoms with E-state index in [2.05, 4.69) is 15.9 Å². The zero-order valence-electron chi connectivity index (χ0n) is 11.5. The van der Waals surface area contributed by atoms with Crippen LogP contribution in [0, 0.1) is 11.8 Å². The predicted octanol–water partition coefficient (Wildman–Crippen LogP) is 2.36. The van der Waals surface area contributed by atoms with Crippen LogP contribution in [0.2, 0.25) is 0 Å². The lowest BCUT2D eigenvalue weighted by molar-refractivity contribution is -0.142. The molecule has 3 rings (SSSR count). The first kappa shape index (κ1) is 14.4. The Morgan fingerprint density at radius 3 is 2.76 bits per heavy atom. The van der Waals surface area contributed by atoms with Gasteiger partial charge in [-0.25, -0.2) is 4.79 Å². The van der Waals surface area contributed by atoms with E-state index in [1.165, 1.54) is 4.90 Å². The summed E-state index contributed by atoms with van der Waals surface area (Å²) in [6, 6.07) is 4.35. The maximum Gasteiger partial charge on any atom is 0.326 e. The standard InChI is InChI=1S/C15H17BrN2O3/c16-9-4-5-11(12(17)6-9)14(19)18-7-8-2-1-3-10(8)13(18)15(20)21/h4-6,8,10,13H,1-3,7,17H2,(H,20,21). The first-order valence-electron chi connectivity index (χ1n) is 7.08. The molecule has 112 valence electrons. The molecule has 1 aromatic rings. The van der Waals surface area contributed by atoms with Gasteiger partial charge in [0.25, 0.3) is 5.91 Å². The number of halogens is 1. The lowest BCUT2D eigenvalue weighted by atomic mass is 9.94. The van der Waals surface area contributed by atoms with E-state index in [-0.39, 0.29) is 11.8 Å². The lowest BCUT2D eigenvalue weighted by Gasteiger charge is -2.25. The van der Waals surface area contributed by atoms with Crippen LogP contribution in [0.1, 0.15) is 29.6 Å². The summed E-state index contributed by atoms with van der Waals surface area (Å²) in [6.07, 6.45) is 2.96. The van der Waals surface area contributed by atoms with Crippen LogP contribution in [0.3, 0.4) is 0 Å². The Balaban J connectivity index is 1.91. The van der Waals surface area contributed by atoms with E-state index in [0.29, 0.717) is 23.7 Å². The molecule has 1 heterocycles. The minimum atomic E-state index is -0.909. The SMILES string of the molecule is Nc1cc(Br)ccc1C(=O)N1CC2CCCC2C1C(=O)O. The van der Waals surface area contributed by atoms with Crippen LogP contribution in [0.25, 0.3) is 0 Å². The second-order valence-corrected chi connectivity index (χ2v) is 6.74. The highest BCUT2D eigenvalue weighted by atomic mass is 79.9. The molecule has 0 spiro atoms. The molecule has 1 aliphatic carbocycles. The largest absolute Gasteiger partial charge is 0.480 e. The molecule has 6 heteroatoms. The average molecular weight is 353 g/mol. The van der Waals surface area contributed by atoms with Crippen molar-refractivity contribution in [3.63, 3.8) is 0 Å². The van der Waals surface area contributed by atoms with Gasteiger partial charge in [0.05, 0.1) is 5.56 Å². The number of amides is 1. The van der Waals surface area contributed by atoms with Gasteiger partial charge < -0.3 is 15.7 Å². The number of anilines is 1. The van der Waals surface area contributed by atoms with Gasteiger partial charge in [-0.2, -0.15) is 0 Å². The number of aliphatic carboxylic acids is 1. The van der Waals surface area contributed by atoms with Gasteiger partial charge in [-0.3, -0.25) is 4.79 Å². The number of carboxylic acids is 1. The molecule has 3 atom stereocenters. The molecule has 0 bridgehead atoms. The minimum absolute atomic E-state index is 0.0862. The van der Waals surface area contributed by atoms with Crippen molar-refractivity contribution in [2.45, 2.75) is 25.3 Å². The number of nitrogens with two attached hydrogens (primary N) is 1. The van der Waals surface area contributed by atoms with Crippen LogP contribution in [0.4, 0.5) is 5.69 Å². The van der Waals surface area contributed by atoms with E-state index < -0.39 is 12.0 Å². The van der Waals surface area contributed by atoms with E-state index in [1.54, 1.807) is 18.2 Å². The lowest BCUT2D eigenvalue weighted by Crippen LogP contribution is -2.43. The third-order valence-electron chi connectivity index (χ3n) is 4.65. The summed E-state index contributed by atoms with van der Waals surface area (Å²) < 4.78 is 0.796. The van der Waals surface area contributed by atoms with E-state index in [4.69, 9.17) is 5.73 Å². The van der Waals surface area contributed by atoms with Crippen LogP contribution >= 0.6 is 15.9 Å². The molecule has 1 aromatic carbocycles. The number of nitrogen functional groups attached to an aromatic ring is 1. The summed E-state index contributed by atoms with van der Waals surface area (Å²) in [5, 5.41) is 9.51. The number of carbonyl (C=O) groups excluding carboxylic acids is 1. The normalized spacial score (nSPS) is 27.7. The van der Waals surface area contributed by atoms with Gasteiger partial charge in [-0.05, 0) is 42.9 Å². The average Bonchev–Trinajstić information content (AvgIpc) is 2.96. The molecule has 21 heavy (non-hydrogen) atoms. The maximum atomic E-state index is 12.7. The van der Waals surface area contributed by atoms with Crippen molar-refractivity contribution in [2.75, 3.05) is 12.3 Å². The Hall–Kier alpha value is -1.56. The number of rotatable bonds is 2. The van der Waals surface area contributed by atoms with Crippen LogP contribution in [-0.2, 0) is 4.79 Å². The molecule has 1 saturated heterocycles. The highest BCUT2D eigenvalue weighted by molar-refractivity contribution is 9.10. The molecule has 2 aliphatic rings. The van der Waals surface area contributed by atoms with Crippen molar-refractivity contribution >= 4 is 33.5 Å². The summed E-state index contributed by atoms with van der Waals surface area (Å²) >= 11 is 3.30. The van der Waals surface area contributed by atoms with Gasteiger partial charge >= 0.3 is 5.97 Å². The summed E-state index contributed by atoms with van der Waals surface area (Å²) in [6.45, 7) is 0.524. The first-order valence-corrected chi connectivity index (χ1v) is 7.87. The number of carboxylic acid groups (broad SMARTS) is 1. The molecule has 3 unspecified atom stereocenters. The topological polar surface area (TPSA) is 83.6 Å². The van der Waals surface area contributed by atoms with Crippen LogP contribution < -0.4 is 5.73 Å². The van der Waals surface area contributed by atoms with Crippen LogP contribution in [0.5, 0.6) is 0 Å². The van der Waals surface area contributed by atoms with Crippen molar-refractivity contribution < 1.29 is 14.7 Å². The quantitative estimate of drug-likeness (QED) is 0.800. The van der Waals surface area contributed by atoms with E-state index in [9.17, 15) is 14.7 Å². The smallest absolute Gasteiger partial charge is 0.326 e. The van der Waals surface area contributed by atoms with Crippen molar-refractivity contribution in [1.29, 1.82) is 0 Å². The number of hydrogen-bond acceptors (Lipinski definition) is 3. The molecular formula is C15H17BrN2O3. The Morgan fingerprint density at radius 2 is 2.10 bits per heavy atom. The molecule has 0 aromatic heterocycles. The van der Waals surface area contributed by atoms with Gasteiger partial charge in [0.15, 0.2) is 0 Å². The van der Waals surface area contributed by atoms with Crippen molar-refractivity contribution in [3.8, 4) is 0 Å². The fourth-order valence-electron chi connectivity index (χ4n) is 3.71. The van der Waals surface area contributed by atoms with Gasteiger partial charge in [0.2, 0.25) is 0 Å². The number of hydrogen-bond donors (Lipinski definition) is 2. The molecule has 1 aliphatic heterocycles. The van der Waals surface area contributed by atoms with E-state index in [1.807, 2.05) is 0 Å². The Kier molecular flexibility index (Phi) is 3.65. The molecular weight excluding hydrogens is 336 g/mol.